The molecule has 2 unspecified atom stereocenters. The van der Waals surface area contributed by atoms with Gasteiger partial charge in [-0.3, -0.25) is 9.20 Å². The molecule has 2 aromatic rings. The van der Waals surface area contributed by atoms with Gasteiger partial charge in [-0.25, -0.2) is 9.18 Å². The van der Waals surface area contributed by atoms with Gasteiger partial charge in [0.2, 0.25) is 0 Å². The number of pyridine rings is 1. The largest absolute Gasteiger partial charge is 0.492 e. The Morgan fingerprint density at radius 1 is 1.31 bits per heavy atom. The second-order valence-corrected chi connectivity index (χ2v) is 9.06. The van der Waals surface area contributed by atoms with Crippen molar-refractivity contribution in [3.63, 3.8) is 0 Å². The number of hydrogen-bond acceptors (Lipinski definition) is 6. The summed E-state index contributed by atoms with van der Waals surface area (Å²) in [4.78, 5) is 27.3. The van der Waals surface area contributed by atoms with Crippen molar-refractivity contribution in [1.29, 1.82) is 0 Å². The van der Waals surface area contributed by atoms with Crippen LogP contribution in [-0.2, 0) is 0 Å². The van der Waals surface area contributed by atoms with E-state index in [1.807, 2.05) is 11.8 Å². The molecule has 1 aliphatic carbocycles. The molecule has 3 heterocycles. The topological polar surface area (TPSA) is 108 Å². The van der Waals surface area contributed by atoms with E-state index in [-0.39, 0.29) is 34.7 Å². The van der Waals surface area contributed by atoms with E-state index in [9.17, 15) is 9.59 Å². The Kier molecular flexibility index (Phi) is 4.41. The van der Waals surface area contributed by atoms with Gasteiger partial charge in [0.1, 0.15) is 11.2 Å². The Balaban J connectivity index is 2.01. The maximum atomic E-state index is 15.3. The molecule has 158 valence electrons. The molecule has 0 aromatic carbocycles. The summed E-state index contributed by atoms with van der Waals surface area (Å²) in [5, 5.41) is 0. The highest BCUT2D eigenvalue weighted by Crippen LogP contribution is 2.47. The number of aromatic nitrogens is 2. The molecule has 0 amide bonds. The smallest absolute Gasteiger partial charge is 0.354 e. The van der Waals surface area contributed by atoms with E-state index >= 15 is 4.39 Å². The standard InChI is InChI=1S/C20H28FN5O3/c1-10(22)12-7-24(9-20(12,2)3)15-13(21)8-25-16(17(15)29-4)14(11-5-6-11)18(27)26(23)19(25)28/h8,10-12H,5-7,9,22-23H2,1-4H3. The zero-order valence-electron chi connectivity index (χ0n) is 17.2. The Bertz CT molecular complexity index is 1100. The predicted octanol–water partition coefficient (Wildman–Crippen LogP) is 1.01. The molecular weight excluding hydrogens is 377 g/mol. The number of anilines is 1. The first kappa shape index (κ1) is 19.8. The summed E-state index contributed by atoms with van der Waals surface area (Å²) in [7, 11) is 1.43. The Morgan fingerprint density at radius 2 is 1.97 bits per heavy atom. The number of rotatable bonds is 4. The number of hydrogen-bond donors (Lipinski definition) is 2. The fraction of sp³-hybridized carbons (Fsp3) is 0.600. The second-order valence-electron chi connectivity index (χ2n) is 9.06. The molecular formula is C20H28FN5O3. The van der Waals surface area contributed by atoms with Crippen molar-refractivity contribution in [2.75, 3.05) is 30.9 Å². The summed E-state index contributed by atoms with van der Waals surface area (Å²) >= 11 is 0. The van der Waals surface area contributed by atoms with Crippen LogP contribution in [0.3, 0.4) is 0 Å². The summed E-state index contributed by atoms with van der Waals surface area (Å²) in [6, 6.07) is -0.0569. The summed E-state index contributed by atoms with van der Waals surface area (Å²) in [6.07, 6.45) is 2.75. The van der Waals surface area contributed by atoms with Crippen molar-refractivity contribution in [2.45, 2.75) is 45.6 Å². The molecule has 2 aromatic heterocycles. The third-order valence-electron chi connectivity index (χ3n) is 6.42. The van der Waals surface area contributed by atoms with Gasteiger partial charge in [-0.15, -0.1) is 0 Å². The van der Waals surface area contributed by atoms with Crippen LogP contribution in [0.4, 0.5) is 10.1 Å². The molecule has 1 saturated carbocycles. The number of methoxy groups -OCH3 is 1. The number of nitrogens with two attached hydrogens (primary N) is 2. The lowest BCUT2D eigenvalue weighted by molar-refractivity contribution is 0.256. The second kappa shape index (κ2) is 6.48. The molecule has 0 spiro atoms. The molecule has 0 radical (unpaired) electrons. The maximum absolute atomic E-state index is 15.3. The lowest BCUT2D eigenvalue weighted by atomic mass is 9.78. The molecule has 29 heavy (non-hydrogen) atoms. The van der Waals surface area contributed by atoms with Gasteiger partial charge in [-0.1, -0.05) is 13.8 Å². The van der Waals surface area contributed by atoms with Crippen LogP contribution in [0.25, 0.3) is 5.52 Å². The van der Waals surface area contributed by atoms with Crippen LogP contribution in [0, 0.1) is 17.2 Å². The Hall–Kier alpha value is -2.55. The van der Waals surface area contributed by atoms with Crippen LogP contribution in [-0.4, -0.2) is 35.3 Å². The lowest BCUT2D eigenvalue weighted by Gasteiger charge is -2.28. The molecule has 2 atom stereocenters. The van der Waals surface area contributed by atoms with Gasteiger partial charge >= 0.3 is 5.69 Å². The molecule has 4 N–H and O–H groups in total. The minimum absolute atomic E-state index is 0.00746. The van der Waals surface area contributed by atoms with Gasteiger partial charge in [0, 0.05) is 19.1 Å². The Labute approximate surface area is 167 Å². The normalized spacial score (nSPS) is 22.3. The number of fused-ring (bicyclic) bond motifs is 1. The summed E-state index contributed by atoms with van der Waals surface area (Å²) in [5.74, 6) is 5.43. The minimum atomic E-state index is -0.798. The monoisotopic (exact) mass is 405 g/mol. The van der Waals surface area contributed by atoms with Gasteiger partial charge in [0.25, 0.3) is 5.56 Å². The Morgan fingerprint density at radius 3 is 2.48 bits per heavy atom. The number of halogens is 1. The quantitative estimate of drug-likeness (QED) is 0.735. The molecule has 1 saturated heterocycles. The van der Waals surface area contributed by atoms with E-state index < -0.39 is 17.1 Å². The molecule has 2 aliphatic rings. The fourth-order valence-corrected chi connectivity index (χ4v) is 4.84. The van der Waals surface area contributed by atoms with Crippen LogP contribution in [0.15, 0.2) is 15.8 Å². The number of nitrogen functional groups attached to an aromatic ring is 1. The molecule has 1 aliphatic heterocycles. The first-order valence-electron chi connectivity index (χ1n) is 9.91. The van der Waals surface area contributed by atoms with Crippen molar-refractivity contribution >= 4 is 11.2 Å². The molecule has 0 bridgehead atoms. The zero-order chi connectivity index (χ0) is 21.2. The van der Waals surface area contributed by atoms with Crippen molar-refractivity contribution in [3.05, 3.63) is 38.4 Å². The van der Waals surface area contributed by atoms with Crippen LogP contribution in [0.2, 0.25) is 0 Å². The van der Waals surface area contributed by atoms with Crippen LogP contribution >= 0.6 is 0 Å². The van der Waals surface area contributed by atoms with Gasteiger partial charge in [0.15, 0.2) is 11.6 Å². The predicted molar refractivity (Wildman–Crippen MR) is 110 cm³/mol. The van der Waals surface area contributed by atoms with E-state index in [0.717, 1.165) is 23.4 Å². The van der Waals surface area contributed by atoms with Crippen LogP contribution in [0.1, 0.15) is 45.1 Å². The first-order chi connectivity index (χ1) is 13.6. The molecule has 2 fully saturated rings. The summed E-state index contributed by atoms with van der Waals surface area (Å²) in [5.41, 5.74) is 5.69. The van der Waals surface area contributed by atoms with Gasteiger partial charge in [-0.05, 0) is 37.0 Å². The molecule has 8 nitrogen and oxygen atoms in total. The van der Waals surface area contributed by atoms with Gasteiger partial charge in [0.05, 0.1) is 18.9 Å². The van der Waals surface area contributed by atoms with Gasteiger partial charge in [-0.2, -0.15) is 4.68 Å². The van der Waals surface area contributed by atoms with Crippen molar-refractivity contribution in [1.82, 2.24) is 9.08 Å². The highest BCUT2D eigenvalue weighted by molar-refractivity contribution is 5.78. The third kappa shape index (κ3) is 2.90. The minimum Gasteiger partial charge on any atom is -0.492 e. The highest BCUT2D eigenvalue weighted by atomic mass is 19.1. The summed E-state index contributed by atoms with van der Waals surface area (Å²) in [6.45, 7) is 7.32. The number of nitrogens with zero attached hydrogens (tertiary/aromatic N) is 3. The molecule has 4 rings (SSSR count). The van der Waals surface area contributed by atoms with Crippen LogP contribution < -0.4 is 32.5 Å². The van der Waals surface area contributed by atoms with E-state index in [0.29, 0.717) is 28.8 Å². The maximum Gasteiger partial charge on any atom is 0.354 e. The fourth-order valence-electron chi connectivity index (χ4n) is 4.84. The third-order valence-corrected chi connectivity index (χ3v) is 6.42. The van der Waals surface area contributed by atoms with Gasteiger partial charge < -0.3 is 21.2 Å². The highest BCUT2D eigenvalue weighted by Gasteiger charge is 2.43. The van der Waals surface area contributed by atoms with Crippen molar-refractivity contribution in [3.8, 4) is 5.75 Å². The summed E-state index contributed by atoms with van der Waals surface area (Å²) < 4.78 is 22.6. The molecule has 9 heteroatoms. The first-order valence-corrected chi connectivity index (χ1v) is 9.91. The average molecular weight is 405 g/mol. The average Bonchev–Trinajstić information content (AvgIpc) is 3.42. The van der Waals surface area contributed by atoms with E-state index in [1.165, 1.54) is 7.11 Å². The lowest BCUT2D eigenvalue weighted by Crippen LogP contribution is -2.44. The van der Waals surface area contributed by atoms with E-state index in [1.54, 1.807) is 0 Å². The van der Waals surface area contributed by atoms with Crippen LogP contribution in [0.5, 0.6) is 5.75 Å². The van der Waals surface area contributed by atoms with Crippen molar-refractivity contribution < 1.29 is 9.13 Å². The van der Waals surface area contributed by atoms with E-state index in [4.69, 9.17) is 16.3 Å². The van der Waals surface area contributed by atoms with Crippen molar-refractivity contribution in [2.24, 2.45) is 17.1 Å². The zero-order valence-corrected chi connectivity index (χ0v) is 17.2. The SMILES string of the molecule is COc1c(N2CC(C(C)N)C(C)(C)C2)c(F)cn2c(=O)n(N)c(=O)c(C3CC3)c12. The van der Waals surface area contributed by atoms with E-state index in [2.05, 4.69) is 13.8 Å². The number of ether oxygens (including phenoxy) is 1.